The summed E-state index contributed by atoms with van der Waals surface area (Å²) in [5.41, 5.74) is 1.10. The number of carbonyl (C=O) groups excluding carboxylic acids is 1. The number of thiophene rings is 1. The minimum Gasteiger partial charge on any atom is -0.444 e. The Morgan fingerprint density at radius 1 is 1.45 bits per heavy atom. The van der Waals surface area contributed by atoms with Crippen LogP contribution in [0.2, 0.25) is 0 Å². The fourth-order valence-corrected chi connectivity index (χ4v) is 3.00. The van der Waals surface area contributed by atoms with Crippen LogP contribution in [0.5, 0.6) is 0 Å². The van der Waals surface area contributed by atoms with Crippen LogP contribution in [0.1, 0.15) is 13.3 Å². The topological polar surface area (TPSA) is 29.5 Å². The summed E-state index contributed by atoms with van der Waals surface area (Å²) < 4.78 is 19.4. The van der Waals surface area contributed by atoms with Gasteiger partial charge in [-0.15, -0.1) is 11.3 Å². The van der Waals surface area contributed by atoms with Gasteiger partial charge in [0.1, 0.15) is 11.9 Å². The molecule has 1 atom stereocenters. The van der Waals surface area contributed by atoms with Crippen LogP contribution in [-0.2, 0) is 4.74 Å². The van der Waals surface area contributed by atoms with Crippen LogP contribution in [-0.4, -0.2) is 18.7 Å². The van der Waals surface area contributed by atoms with Crippen LogP contribution in [0, 0.1) is 5.82 Å². The fourth-order valence-electron chi connectivity index (χ4n) is 2.25. The van der Waals surface area contributed by atoms with Crippen molar-refractivity contribution in [1.29, 1.82) is 0 Å². The Balaban J connectivity index is 1.89. The number of rotatable bonds is 3. The standard InChI is InChI=1S/C15H14FNO2S/c1-2-11-9-17(15(18)19-11)10-5-6-12(13(16)8-10)14-4-3-7-20-14/h3-8,11H,2,9H2,1H3/t11-/m0/s1. The highest BCUT2D eigenvalue weighted by atomic mass is 32.1. The average molecular weight is 291 g/mol. The Morgan fingerprint density at radius 2 is 2.30 bits per heavy atom. The first-order valence-electron chi connectivity index (χ1n) is 6.50. The largest absolute Gasteiger partial charge is 0.444 e. The number of carbonyl (C=O) groups is 1. The van der Waals surface area contributed by atoms with Crippen molar-refractivity contribution in [2.24, 2.45) is 0 Å². The Labute approximate surface area is 120 Å². The molecule has 0 bridgehead atoms. The molecule has 0 aliphatic carbocycles. The summed E-state index contributed by atoms with van der Waals surface area (Å²) in [7, 11) is 0. The number of anilines is 1. The van der Waals surface area contributed by atoms with Gasteiger partial charge >= 0.3 is 6.09 Å². The summed E-state index contributed by atoms with van der Waals surface area (Å²) in [5, 5.41) is 1.91. The first-order chi connectivity index (χ1) is 9.69. The highest BCUT2D eigenvalue weighted by Crippen LogP contribution is 2.31. The van der Waals surface area contributed by atoms with E-state index in [-0.39, 0.29) is 11.9 Å². The van der Waals surface area contributed by atoms with Crippen LogP contribution in [0.15, 0.2) is 35.7 Å². The van der Waals surface area contributed by atoms with Gasteiger partial charge in [-0.1, -0.05) is 13.0 Å². The van der Waals surface area contributed by atoms with Crippen molar-refractivity contribution >= 4 is 23.1 Å². The van der Waals surface area contributed by atoms with E-state index in [1.165, 1.54) is 22.3 Å². The molecule has 0 unspecified atom stereocenters. The van der Waals surface area contributed by atoms with Crippen molar-refractivity contribution in [2.75, 3.05) is 11.4 Å². The van der Waals surface area contributed by atoms with Gasteiger partial charge in [0, 0.05) is 10.4 Å². The second-order valence-corrected chi connectivity index (χ2v) is 5.61. The molecule has 1 aliphatic rings. The lowest BCUT2D eigenvalue weighted by molar-refractivity contribution is 0.139. The van der Waals surface area contributed by atoms with Gasteiger partial charge in [-0.05, 0) is 36.1 Å². The Bertz CT molecular complexity index is 627. The third-order valence-electron chi connectivity index (χ3n) is 3.38. The smallest absolute Gasteiger partial charge is 0.414 e. The number of cyclic esters (lactones) is 1. The molecule has 0 radical (unpaired) electrons. The highest BCUT2D eigenvalue weighted by Gasteiger charge is 2.31. The van der Waals surface area contributed by atoms with Gasteiger partial charge in [0.25, 0.3) is 0 Å². The maximum atomic E-state index is 14.2. The average Bonchev–Trinajstić information content (AvgIpc) is 3.07. The quantitative estimate of drug-likeness (QED) is 0.844. The van der Waals surface area contributed by atoms with Gasteiger partial charge in [-0.2, -0.15) is 0 Å². The summed E-state index contributed by atoms with van der Waals surface area (Å²) in [5.74, 6) is -0.322. The number of amides is 1. The van der Waals surface area contributed by atoms with Crippen LogP contribution in [0.4, 0.5) is 14.9 Å². The number of nitrogens with zero attached hydrogens (tertiary/aromatic N) is 1. The van der Waals surface area contributed by atoms with E-state index in [0.717, 1.165) is 11.3 Å². The SMILES string of the molecule is CC[C@H]1CN(c2ccc(-c3cccs3)c(F)c2)C(=O)O1. The summed E-state index contributed by atoms with van der Waals surface area (Å²) in [4.78, 5) is 14.1. The minimum absolute atomic E-state index is 0.109. The minimum atomic E-state index is -0.403. The van der Waals surface area contributed by atoms with E-state index in [4.69, 9.17) is 4.74 Å². The van der Waals surface area contributed by atoms with Crippen LogP contribution in [0.25, 0.3) is 10.4 Å². The zero-order chi connectivity index (χ0) is 14.1. The Hall–Kier alpha value is -1.88. The van der Waals surface area contributed by atoms with Crippen LogP contribution < -0.4 is 4.90 Å². The van der Waals surface area contributed by atoms with E-state index in [2.05, 4.69) is 0 Å². The molecule has 1 aliphatic heterocycles. The predicted molar refractivity (Wildman–Crippen MR) is 77.6 cm³/mol. The summed E-state index contributed by atoms with van der Waals surface area (Å²) in [6, 6.07) is 8.63. The van der Waals surface area contributed by atoms with E-state index in [1.807, 2.05) is 24.4 Å². The van der Waals surface area contributed by atoms with Crippen LogP contribution >= 0.6 is 11.3 Å². The lowest BCUT2D eigenvalue weighted by atomic mass is 10.1. The van der Waals surface area contributed by atoms with Gasteiger partial charge in [0.2, 0.25) is 0 Å². The number of benzene rings is 1. The van der Waals surface area contributed by atoms with Crippen molar-refractivity contribution in [3.8, 4) is 10.4 Å². The van der Waals surface area contributed by atoms with Crippen LogP contribution in [0.3, 0.4) is 0 Å². The number of hydrogen-bond acceptors (Lipinski definition) is 3. The van der Waals surface area contributed by atoms with Gasteiger partial charge in [0.15, 0.2) is 0 Å². The maximum Gasteiger partial charge on any atom is 0.414 e. The Morgan fingerprint density at radius 3 is 2.90 bits per heavy atom. The lowest BCUT2D eigenvalue weighted by Gasteiger charge is -2.13. The van der Waals surface area contributed by atoms with Crippen molar-refractivity contribution in [3.05, 3.63) is 41.5 Å². The molecule has 1 aromatic heterocycles. The normalized spacial score (nSPS) is 18.4. The molecule has 0 spiro atoms. The van der Waals surface area contributed by atoms with E-state index in [0.29, 0.717) is 17.8 Å². The van der Waals surface area contributed by atoms with Crippen molar-refractivity contribution in [2.45, 2.75) is 19.4 Å². The molecular formula is C15H14FNO2S. The van der Waals surface area contributed by atoms with Gasteiger partial charge in [0.05, 0.1) is 12.2 Å². The Kier molecular flexibility index (Phi) is 3.44. The monoisotopic (exact) mass is 291 g/mol. The molecule has 2 aromatic rings. The zero-order valence-corrected chi connectivity index (χ0v) is 11.8. The first kappa shape index (κ1) is 13.1. The second-order valence-electron chi connectivity index (χ2n) is 4.67. The maximum absolute atomic E-state index is 14.2. The molecule has 5 heteroatoms. The predicted octanol–water partition coefficient (Wildman–Crippen LogP) is 4.29. The molecule has 104 valence electrons. The molecule has 1 amide bonds. The number of hydrogen-bond donors (Lipinski definition) is 0. The molecule has 1 saturated heterocycles. The zero-order valence-electron chi connectivity index (χ0n) is 11.0. The molecule has 0 saturated carbocycles. The second kappa shape index (κ2) is 5.25. The van der Waals surface area contributed by atoms with E-state index in [9.17, 15) is 9.18 Å². The van der Waals surface area contributed by atoms with E-state index >= 15 is 0 Å². The van der Waals surface area contributed by atoms with E-state index in [1.54, 1.807) is 12.1 Å². The number of ether oxygens (including phenoxy) is 1. The summed E-state index contributed by atoms with van der Waals surface area (Å²) in [6.45, 7) is 2.44. The highest BCUT2D eigenvalue weighted by molar-refractivity contribution is 7.13. The molecule has 1 aromatic carbocycles. The van der Waals surface area contributed by atoms with Gasteiger partial charge in [-0.25, -0.2) is 9.18 Å². The van der Waals surface area contributed by atoms with Crippen molar-refractivity contribution in [3.63, 3.8) is 0 Å². The molecule has 3 nitrogen and oxygen atoms in total. The lowest BCUT2D eigenvalue weighted by Crippen LogP contribution is -2.24. The third-order valence-corrected chi connectivity index (χ3v) is 4.28. The molecule has 20 heavy (non-hydrogen) atoms. The van der Waals surface area contributed by atoms with Gasteiger partial charge < -0.3 is 4.74 Å². The molecule has 2 heterocycles. The van der Waals surface area contributed by atoms with Crippen molar-refractivity contribution in [1.82, 2.24) is 0 Å². The molecular weight excluding hydrogens is 277 g/mol. The number of halogens is 1. The molecule has 0 N–H and O–H groups in total. The first-order valence-corrected chi connectivity index (χ1v) is 7.38. The van der Waals surface area contributed by atoms with Crippen molar-refractivity contribution < 1.29 is 13.9 Å². The van der Waals surface area contributed by atoms with E-state index < -0.39 is 6.09 Å². The van der Waals surface area contributed by atoms with Gasteiger partial charge in [-0.3, -0.25) is 4.90 Å². The summed E-state index contributed by atoms with van der Waals surface area (Å²) in [6.07, 6.45) is 0.250. The molecule has 1 fully saturated rings. The fraction of sp³-hybridized carbons (Fsp3) is 0.267. The molecule has 3 rings (SSSR count). The summed E-state index contributed by atoms with van der Waals surface area (Å²) >= 11 is 1.49. The third kappa shape index (κ3) is 2.29.